The van der Waals surface area contributed by atoms with E-state index in [1.165, 1.54) is 17.3 Å². The largest absolute Gasteiger partial charge is 0.494 e. The molecule has 178 valence electrons. The summed E-state index contributed by atoms with van der Waals surface area (Å²) in [6.45, 7) is 10.7. The summed E-state index contributed by atoms with van der Waals surface area (Å²) in [5.41, 5.74) is 3.71. The van der Waals surface area contributed by atoms with Crippen molar-refractivity contribution in [1.82, 2.24) is 14.8 Å². The van der Waals surface area contributed by atoms with Crippen LogP contribution in [0.2, 0.25) is 0 Å². The molecule has 3 rings (SSSR count). The van der Waals surface area contributed by atoms with E-state index in [0.717, 1.165) is 17.0 Å². The second-order valence-corrected chi connectivity index (χ2v) is 8.56. The van der Waals surface area contributed by atoms with E-state index < -0.39 is 0 Å². The average Bonchev–Trinajstić information content (AvgIpc) is 3.17. The maximum atomic E-state index is 12.6. The van der Waals surface area contributed by atoms with Crippen molar-refractivity contribution in [3.05, 3.63) is 72.1 Å². The van der Waals surface area contributed by atoms with E-state index in [9.17, 15) is 9.59 Å². The van der Waals surface area contributed by atoms with Crippen LogP contribution in [-0.4, -0.2) is 38.9 Å². The Labute approximate surface area is 203 Å². The van der Waals surface area contributed by atoms with Gasteiger partial charge in [0.2, 0.25) is 11.8 Å². The zero-order valence-electron chi connectivity index (χ0n) is 19.6. The second-order valence-electron chi connectivity index (χ2n) is 7.62. The zero-order chi connectivity index (χ0) is 24.5. The maximum absolute atomic E-state index is 12.6. The molecule has 1 aromatic heterocycles. The molecule has 2 amide bonds. The molecule has 0 radical (unpaired) electrons. The monoisotopic (exact) mass is 479 g/mol. The molecular weight excluding hydrogens is 450 g/mol. The van der Waals surface area contributed by atoms with Crippen LogP contribution in [0.3, 0.4) is 0 Å². The van der Waals surface area contributed by atoms with Crippen molar-refractivity contribution in [1.29, 1.82) is 0 Å². The molecule has 0 aliphatic rings. The predicted octanol–water partition coefficient (Wildman–Crippen LogP) is 4.39. The van der Waals surface area contributed by atoms with Crippen molar-refractivity contribution < 1.29 is 14.3 Å². The summed E-state index contributed by atoms with van der Waals surface area (Å²) in [5, 5.41) is 14.7. The third kappa shape index (κ3) is 6.95. The fourth-order valence-electron chi connectivity index (χ4n) is 3.17. The molecule has 0 saturated heterocycles. The van der Waals surface area contributed by atoms with Crippen LogP contribution in [0.4, 0.5) is 11.4 Å². The SMILES string of the molecule is C=CCn1c(CC(=O)Nc2ccc(OCC)cc2)nnc1SCC(=O)Nc1ccc(C)c(C)c1. The third-order valence-corrected chi connectivity index (χ3v) is 5.96. The Morgan fingerprint density at radius 3 is 2.41 bits per heavy atom. The van der Waals surface area contributed by atoms with Crippen molar-refractivity contribution in [2.45, 2.75) is 38.9 Å². The molecule has 8 nitrogen and oxygen atoms in total. The first-order valence-electron chi connectivity index (χ1n) is 10.9. The van der Waals surface area contributed by atoms with Crippen LogP contribution in [0.5, 0.6) is 5.75 Å². The number of thioether (sulfide) groups is 1. The summed E-state index contributed by atoms with van der Waals surface area (Å²) in [7, 11) is 0. The number of carbonyl (C=O) groups excluding carboxylic acids is 2. The standard InChI is InChI=1S/C25H29N5O3S/c1-5-13-30-22(15-23(31)26-19-9-11-21(12-10-19)33-6-2)28-29-25(30)34-16-24(32)27-20-8-7-17(3)18(4)14-20/h5,7-12,14H,1,6,13,15-16H2,2-4H3,(H,26,31)(H,27,32). The minimum absolute atomic E-state index is 0.0451. The lowest BCUT2D eigenvalue weighted by atomic mass is 10.1. The van der Waals surface area contributed by atoms with Crippen LogP contribution in [0.1, 0.15) is 23.9 Å². The fraction of sp³-hybridized carbons (Fsp3) is 0.280. The van der Waals surface area contributed by atoms with Gasteiger partial charge in [-0.05, 0) is 68.3 Å². The Hall–Kier alpha value is -3.59. The van der Waals surface area contributed by atoms with E-state index in [4.69, 9.17) is 4.74 Å². The molecule has 0 unspecified atom stereocenters. The Morgan fingerprint density at radius 2 is 1.74 bits per heavy atom. The molecule has 34 heavy (non-hydrogen) atoms. The third-order valence-electron chi connectivity index (χ3n) is 5.00. The van der Waals surface area contributed by atoms with Gasteiger partial charge >= 0.3 is 0 Å². The number of benzene rings is 2. The Kier molecular flexibility index (Phi) is 8.86. The van der Waals surface area contributed by atoms with Crippen molar-refractivity contribution in [3.63, 3.8) is 0 Å². The topological polar surface area (TPSA) is 98.1 Å². The van der Waals surface area contributed by atoms with Gasteiger partial charge in [-0.2, -0.15) is 0 Å². The van der Waals surface area contributed by atoms with E-state index in [-0.39, 0.29) is 24.0 Å². The van der Waals surface area contributed by atoms with Crippen LogP contribution in [0, 0.1) is 13.8 Å². The van der Waals surface area contributed by atoms with Crippen molar-refractivity contribution in [2.24, 2.45) is 0 Å². The normalized spacial score (nSPS) is 10.6. The van der Waals surface area contributed by atoms with E-state index >= 15 is 0 Å². The van der Waals surface area contributed by atoms with Gasteiger partial charge in [-0.15, -0.1) is 16.8 Å². The van der Waals surface area contributed by atoms with Gasteiger partial charge in [0.1, 0.15) is 11.6 Å². The van der Waals surface area contributed by atoms with Gasteiger partial charge in [0, 0.05) is 17.9 Å². The highest BCUT2D eigenvalue weighted by atomic mass is 32.2. The molecule has 0 aliphatic heterocycles. The van der Waals surface area contributed by atoms with Crippen molar-refractivity contribution in [3.8, 4) is 5.75 Å². The highest BCUT2D eigenvalue weighted by molar-refractivity contribution is 7.99. The first kappa shape index (κ1) is 25.0. The molecular formula is C25H29N5O3S. The lowest BCUT2D eigenvalue weighted by molar-refractivity contribution is -0.116. The van der Waals surface area contributed by atoms with Crippen LogP contribution in [-0.2, 0) is 22.6 Å². The number of nitrogens with zero attached hydrogens (tertiary/aromatic N) is 3. The van der Waals surface area contributed by atoms with Gasteiger partial charge in [-0.1, -0.05) is 23.9 Å². The number of rotatable bonds is 11. The van der Waals surface area contributed by atoms with Gasteiger partial charge in [-0.25, -0.2) is 0 Å². The Bertz CT molecular complexity index is 1160. The number of hydrogen-bond donors (Lipinski definition) is 2. The first-order valence-corrected chi connectivity index (χ1v) is 11.9. The number of allylic oxidation sites excluding steroid dienone is 1. The number of hydrogen-bond acceptors (Lipinski definition) is 6. The van der Waals surface area contributed by atoms with Crippen LogP contribution < -0.4 is 15.4 Å². The summed E-state index contributed by atoms with van der Waals surface area (Å²) >= 11 is 1.26. The van der Waals surface area contributed by atoms with Crippen molar-refractivity contribution in [2.75, 3.05) is 23.0 Å². The van der Waals surface area contributed by atoms with Crippen LogP contribution in [0.15, 0.2) is 60.3 Å². The lowest BCUT2D eigenvalue weighted by Crippen LogP contribution is -2.18. The molecule has 1 heterocycles. The molecule has 0 fully saturated rings. The molecule has 0 spiro atoms. The minimum Gasteiger partial charge on any atom is -0.494 e. The van der Waals surface area contributed by atoms with E-state index in [0.29, 0.717) is 29.8 Å². The molecule has 0 atom stereocenters. The number of anilines is 2. The van der Waals surface area contributed by atoms with Gasteiger partial charge in [-0.3, -0.25) is 9.59 Å². The van der Waals surface area contributed by atoms with E-state index in [2.05, 4.69) is 27.4 Å². The summed E-state index contributed by atoms with van der Waals surface area (Å²) < 4.78 is 7.21. The minimum atomic E-state index is -0.217. The van der Waals surface area contributed by atoms with E-state index in [1.807, 2.05) is 39.0 Å². The number of aryl methyl sites for hydroxylation is 2. The van der Waals surface area contributed by atoms with E-state index in [1.54, 1.807) is 34.9 Å². The maximum Gasteiger partial charge on any atom is 0.234 e. The summed E-state index contributed by atoms with van der Waals surface area (Å²) in [6, 6.07) is 13.0. The number of nitrogens with one attached hydrogen (secondary N) is 2. The fourth-order valence-corrected chi connectivity index (χ4v) is 3.93. The molecule has 3 aromatic rings. The highest BCUT2D eigenvalue weighted by Gasteiger charge is 2.16. The smallest absolute Gasteiger partial charge is 0.234 e. The summed E-state index contributed by atoms with van der Waals surface area (Å²) in [4.78, 5) is 25.0. The number of amides is 2. The van der Waals surface area contributed by atoms with Gasteiger partial charge < -0.3 is 19.9 Å². The zero-order valence-corrected chi connectivity index (χ0v) is 20.4. The molecule has 9 heteroatoms. The number of carbonyl (C=O) groups is 2. The van der Waals surface area contributed by atoms with Gasteiger partial charge in [0.25, 0.3) is 0 Å². The number of aromatic nitrogens is 3. The Morgan fingerprint density at radius 1 is 1.03 bits per heavy atom. The van der Waals surface area contributed by atoms with Crippen molar-refractivity contribution >= 4 is 35.0 Å². The average molecular weight is 480 g/mol. The highest BCUT2D eigenvalue weighted by Crippen LogP contribution is 2.20. The summed E-state index contributed by atoms with van der Waals surface area (Å²) in [5.74, 6) is 1.05. The molecule has 0 aliphatic carbocycles. The molecule has 0 bridgehead atoms. The first-order chi connectivity index (χ1) is 16.4. The summed E-state index contributed by atoms with van der Waals surface area (Å²) in [6.07, 6.45) is 1.75. The lowest BCUT2D eigenvalue weighted by Gasteiger charge is -2.10. The number of ether oxygens (including phenoxy) is 1. The molecule has 2 N–H and O–H groups in total. The Balaban J connectivity index is 1.59. The van der Waals surface area contributed by atoms with Crippen LogP contribution in [0.25, 0.3) is 0 Å². The van der Waals surface area contributed by atoms with Crippen LogP contribution >= 0.6 is 11.8 Å². The van der Waals surface area contributed by atoms with Gasteiger partial charge in [0.15, 0.2) is 5.16 Å². The quantitative estimate of drug-likeness (QED) is 0.313. The molecule has 2 aromatic carbocycles. The second kappa shape index (κ2) is 12.0. The predicted molar refractivity (Wildman–Crippen MR) is 135 cm³/mol. The van der Waals surface area contributed by atoms with Gasteiger partial charge in [0.05, 0.1) is 18.8 Å². The molecule has 0 saturated carbocycles.